The Hall–Kier alpha value is -0.910. The quantitative estimate of drug-likeness (QED) is 0.889. The van der Waals surface area contributed by atoms with Gasteiger partial charge in [-0.25, -0.2) is 0 Å². The van der Waals surface area contributed by atoms with E-state index in [9.17, 15) is 4.79 Å². The fourth-order valence-electron chi connectivity index (χ4n) is 1.79. The van der Waals surface area contributed by atoms with E-state index in [1.807, 2.05) is 25.1 Å². The number of nitrogens with one attached hydrogen (secondary N) is 2. The monoisotopic (exact) mass is 312 g/mol. The smallest absolute Gasteiger partial charge is 0.251 e. The highest BCUT2D eigenvalue weighted by Crippen LogP contribution is 2.17. The maximum Gasteiger partial charge on any atom is 0.251 e. The van der Waals surface area contributed by atoms with Crippen LogP contribution in [0.3, 0.4) is 0 Å². The first-order valence-corrected chi connectivity index (χ1v) is 6.83. The molecule has 0 spiro atoms. The van der Waals surface area contributed by atoms with E-state index < -0.39 is 0 Å². The predicted octanol–water partition coefficient (Wildman–Crippen LogP) is 1.48. The molecule has 18 heavy (non-hydrogen) atoms. The Morgan fingerprint density at radius 3 is 3.11 bits per heavy atom. The number of ether oxygens (including phenoxy) is 1. The number of hydrogen-bond acceptors (Lipinski definition) is 3. The Bertz CT molecular complexity index is 431. The van der Waals surface area contributed by atoms with Gasteiger partial charge in [-0.05, 0) is 24.6 Å². The van der Waals surface area contributed by atoms with Crippen molar-refractivity contribution < 1.29 is 9.53 Å². The predicted molar refractivity (Wildman–Crippen MR) is 73.8 cm³/mol. The van der Waals surface area contributed by atoms with Crippen LogP contribution in [0.4, 0.5) is 0 Å². The molecule has 4 nitrogen and oxygen atoms in total. The third-order valence-electron chi connectivity index (χ3n) is 2.93. The van der Waals surface area contributed by atoms with Gasteiger partial charge >= 0.3 is 0 Å². The molecule has 98 valence electrons. The molecule has 0 radical (unpaired) electrons. The van der Waals surface area contributed by atoms with Crippen molar-refractivity contribution in [3.63, 3.8) is 0 Å². The largest absolute Gasteiger partial charge is 0.374 e. The molecule has 1 atom stereocenters. The minimum atomic E-state index is -0.0649. The van der Waals surface area contributed by atoms with Crippen LogP contribution in [0, 0.1) is 6.92 Å². The molecule has 1 saturated heterocycles. The fourth-order valence-corrected chi connectivity index (χ4v) is 2.17. The van der Waals surface area contributed by atoms with Crippen molar-refractivity contribution in [2.24, 2.45) is 0 Å². The van der Waals surface area contributed by atoms with Gasteiger partial charge in [-0.2, -0.15) is 0 Å². The third kappa shape index (κ3) is 3.54. The Kier molecular flexibility index (Phi) is 4.74. The van der Waals surface area contributed by atoms with Crippen LogP contribution in [-0.2, 0) is 4.74 Å². The standard InChI is InChI=1S/C13H17BrN2O2/c1-9-2-3-10(6-12(9)14)13(17)16-8-11-7-15-4-5-18-11/h2-3,6,11,15H,4-5,7-8H2,1H3,(H,16,17). The molecular formula is C13H17BrN2O2. The van der Waals surface area contributed by atoms with Crippen LogP contribution in [0.15, 0.2) is 22.7 Å². The second-order valence-corrected chi connectivity index (χ2v) is 5.23. The summed E-state index contributed by atoms with van der Waals surface area (Å²) in [5.41, 5.74) is 1.78. The minimum Gasteiger partial charge on any atom is -0.374 e. The summed E-state index contributed by atoms with van der Waals surface area (Å²) in [6.07, 6.45) is 0.0663. The topological polar surface area (TPSA) is 50.4 Å². The van der Waals surface area contributed by atoms with Gasteiger partial charge in [-0.1, -0.05) is 22.0 Å². The molecule has 1 aliphatic heterocycles. The zero-order valence-corrected chi connectivity index (χ0v) is 11.9. The highest BCUT2D eigenvalue weighted by Gasteiger charge is 2.15. The van der Waals surface area contributed by atoms with E-state index in [-0.39, 0.29) is 12.0 Å². The normalized spacial score (nSPS) is 19.6. The van der Waals surface area contributed by atoms with Gasteiger partial charge < -0.3 is 15.4 Å². The lowest BCUT2D eigenvalue weighted by Gasteiger charge is -2.23. The van der Waals surface area contributed by atoms with Gasteiger partial charge in [0.05, 0.1) is 12.7 Å². The lowest BCUT2D eigenvalue weighted by atomic mass is 10.1. The number of carbonyl (C=O) groups excluding carboxylic acids is 1. The van der Waals surface area contributed by atoms with E-state index in [2.05, 4.69) is 26.6 Å². The number of carbonyl (C=O) groups is 1. The summed E-state index contributed by atoms with van der Waals surface area (Å²) in [5, 5.41) is 6.12. The molecule has 1 heterocycles. The van der Waals surface area contributed by atoms with Gasteiger partial charge in [0.2, 0.25) is 0 Å². The van der Waals surface area contributed by atoms with Crippen LogP contribution in [0.2, 0.25) is 0 Å². The number of morpholine rings is 1. The summed E-state index contributed by atoms with van der Waals surface area (Å²) in [4.78, 5) is 11.9. The highest BCUT2D eigenvalue weighted by atomic mass is 79.9. The Balaban J connectivity index is 1.88. The molecule has 1 aromatic carbocycles. The number of halogens is 1. The molecule has 0 aliphatic carbocycles. The number of benzene rings is 1. The van der Waals surface area contributed by atoms with Crippen LogP contribution in [0.1, 0.15) is 15.9 Å². The van der Waals surface area contributed by atoms with Crippen molar-refractivity contribution in [2.75, 3.05) is 26.2 Å². The van der Waals surface area contributed by atoms with Gasteiger partial charge in [-0.3, -0.25) is 4.79 Å². The Morgan fingerprint density at radius 1 is 1.61 bits per heavy atom. The van der Waals surface area contributed by atoms with Crippen LogP contribution < -0.4 is 10.6 Å². The van der Waals surface area contributed by atoms with Crippen LogP contribution in [0.25, 0.3) is 0 Å². The molecule has 5 heteroatoms. The van der Waals surface area contributed by atoms with Gasteiger partial charge in [0.15, 0.2) is 0 Å². The van der Waals surface area contributed by atoms with Gasteiger partial charge in [0.1, 0.15) is 0 Å². The molecule has 1 fully saturated rings. The molecule has 0 saturated carbocycles. The third-order valence-corrected chi connectivity index (χ3v) is 3.78. The number of aryl methyl sites for hydroxylation is 1. The fraction of sp³-hybridized carbons (Fsp3) is 0.462. The molecule has 2 rings (SSSR count). The lowest BCUT2D eigenvalue weighted by molar-refractivity contribution is 0.0287. The van der Waals surface area contributed by atoms with E-state index in [4.69, 9.17) is 4.74 Å². The van der Waals surface area contributed by atoms with Crippen molar-refractivity contribution in [1.82, 2.24) is 10.6 Å². The van der Waals surface area contributed by atoms with Crippen molar-refractivity contribution in [1.29, 1.82) is 0 Å². The maximum absolute atomic E-state index is 11.9. The minimum absolute atomic E-state index is 0.0649. The molecule has 0 aromatic heterocycles. The average molecular weight is 313 g/mol. The summed E-state index contributed by atoms with van der Waals surface area (Å²) >= 11 is 3.43. The first-order valence-electron chi connectivity index (χ1n) is 6.03. The summed E-state index contributed by atoms with van der Waals surface area (Å²) in [6.45, 7) is 4.91. The number of hydrogen-bond donors (Lipinski definition) is 2. The van der Waals surface area contributed by atoms with Gasteiger partial charge in [0, 0.05) is 29.7 Å². The van der Waals surface area contributed by atoms with Crippen molar-refractivity contribution in [2.45, 2.75) is 13.0 Å². The lowest BCUT2D eigenvalue weighted by Crippen LogP contribution is -2.45. The molecule has 1 amide bonds. The molecular weight excluding hydrogens is 296 g/mol. The highest BCUT2D eigenvalue weighted by molar-refractivity contribution is 9.10. The van der Waals surface area contributed by atoms with Crippen molar-refractivity contribution in [3.8, 4) is 0 Å². The molecule has 2 N–H and O–H groups in total. The Labute approximate surface area is 115 Å². The molecule has 1 unspecified atom stereocenters. The van der Waals surface area contributed by atoms with Gasteiger partial charge in [0.25, 0.3) is 5.91 Å². The number of amides is 1. The van der Waals surface area contributed by atoms with E-state index in [0.717, 1.165) is 23.1 Å². The van der Waals surface area contributed by atoms with Gasteiger partial charge in [-0.15, -0.1) is 0 Å². The summed E-state index contributed by atoms with van der Waals surface area (Å²) in [7, 11) is 0. The first-order chi connectivity index (χ1) is 8.66. The molecule has 0 bridgehead atoms. The summed E-state index contributed by atoms with van der Waals surface area (Å²) < 4.78 is 6.47. The van der Waals surface area contributed by atoms with Crippen molar-refractivity contribution >= 4 is 21.8 Å². The van der Waals surface area contributed by atoms with E-state index in [1.54, 1.807) is 0 Å². The number of rotatable bonds is 3. The van der Waals surface area contributed by atoms with E-state index >= 15 is 0 Å². The van der Waals surface area contributed by atoms with E-state index in [1.165, 1.54) is 0 Å². The second kappa shape index (κ2) is 6.31. The zero-order valence-electron chi connectivity index (χ0n) is 10.3. The Morgan fingerprint density at radius 2 is 2.44 bits per heavy atom. The first kappa shape index (κ1) is 13.5. The van der Waals surface area contributed by atoms with Crippen molar-refractivity contribution in [3.05, 3.63) is 33.8 Å². The molecule has 1 aromatic rings. The molecule has 1 aliphatic rings. The van der Waals surface area contributed by atoms with Crippen LogP contribution in [0.5, 0.6) is 0 Å². The van der Waals surface area contributed by atoms with Crippen LogP contribution >= 0.6 is 15.9 Å². The average Bonchev–Trinajstić information content (AvgIpc) is 2.40. The summed E-state index contributed by atoms with van der Waals surface area (Å²) in [6, 6.07) is 5.59. The second-order valence-electron chi connectivity index (χ2n) is 4.37. The maximum atomic E-state index is 11.9. The van der Waals surface area contributed by atoms with Crippen LogP contribution in [-0.4, -0.2) is 38.3 Å². The zero-order chi connectivity index (χ0) is 13.0. The SMILES string of the molecule is Cc1ccc(C(=O)NCC2CNCCO2)cc1Br. The summed E-state index contributed by atoms with van der Waals surface area (Å²) in [5.74, 6) is -0.0649. The van der Waals surface area contributed by atoms with E-state index in [0.29, 0.717) is 18.7 Å².